The minimum atomic E-state index is -3.52. The zero-order chi connectivity index (χ0) is 24.3. The van der Waals surface area contributed by atoms with Crippen LogP contribution in [0.15, 0.2) is 53.4 Å². The van der Waals surface area contributed by atoms with Gasteiger partial charge >= 0.3 is 6.03 Å². The molecule has 0 aliphatic carbocycles. The largest absolute Gasteiger partial charge is 0.322 e. The molecule has 0 bridgehead atoms. The van der Waals surface area contributed by atoms with Crippen molar-refractivity contribution in [2.75, 3.05) is 45.6 Å². The number of aromatic nitrogens is 4. The predicted molar refractivity (Wildman–Crippen MR) is 122 cm³/mol. The lowest BCUT2D eigenvalue weighted by Crippen LogP contribution is -2.49. The Morgan fingerprint density at radius 2 is 1.79 bits per heavy atom. The summed E-state index contributed by atoms with van der Waals surface area (Å²) >= 11 is 0. The average Bonchev–Trinajstić information content (AvgIpc) is 3.28. The van der Waals surface area contributed by atoms with Crippen molar-refractivity contribution in [3.63, 3.8) is 0 Å². The predicted octanol–water partition coefficient (Wildman–Crippen LogP) is 1.40. The summed E-state index contributed by atoms with van der Waals surface area (Å²) < 4.78 is 40.5. The molecule has 1 aliphatic heterocycles. The fourth-order valence-electron chi connectivity index (χ4n) is 3.55. The molecule has 1 fully saturated rings. The molecule has 0 unspecified atom stereocenters. The van der Waals surface area contributed by atoms with E-state index in [0.29, 0.717) is 49.9 Å². The fraction of sp³-hybridized carbons (Fsp3) is 0.333. The van der Waals surface area contributed by atoms with E-state index < -0.39 is 10.0 Å². The van der Waals surface area contributed by atoms with Gasteiger partial charge < -0.3 is 10.2 Å². The molecule has 0 spiro atoms. The van der Waals surface area contributed by atoms with Gasteiger partial charge in [-0.1, -0.05) is 6.07 Å². The third-order valence-corrected chi connectivity index (χ3v) is 7.32. The average molecular weight is 489 g/mol. The van der Waals surface area contributed by atoms with Gasteiger partial charge in [0.05, 0.1) is 17.1 Å². The summed E-state index contributed by atoms with van der Waals surface area (Å²) in [5.74, 6) is 0.212. The highest BCUT2D eigenvalue weighted by Gasteiger charge is 2.23. The van der Waals surface area contributed by atoms with Crippen LogP contribution in [0.1, 0.15) is 5.82 Å². The van der Waals surface area contributed by atoms with E-state index in [2.05, 4.69) is 25.7 Å². The van der Waals surface area contributed by atoms with Crippen LogP contribution >= 0.6 is 0 Å². The van der Waals surface area contributed by atoms with E-state index in [9.17, 15) is 17.6 Å². The van der Waals surface area contributed by atoms with E-state index in [-0.39, 0.29) is 16.7 Å². The summed E-state index contributed by atoms with van der Waals surface area (Å²) in [5, 5.41) is 14.5. The van der Waals surface area contributed by atoms with Crippen LogP contribution < -0.4 is 5.32 Å². The van der Waals surface area contributed by atoms with Crippen molar-refractivity contribution in [2.45, 2.75) is 11.4 Å². The van der Waals surface area contributed by atoms with Gasteiger partial charge in [0.15, 0.2) is 5.82 Å². The summed E-state index contributed by atoms with van der Waals surface area (Å²) in [6.45, 7) is 2.69. The van der Waals surface area contributed by atoms with E-state index in [1.165, 1.54) is 43.0 Å². The molecular formula is C21H25FN8O3S. The van der Waals surface area contributed by atoms with Crippen molar-refractivity contribution in [1.29, 1.82) is 0 Å². The summed E-state index contributed by atoms with van der Waals surface area (Å²) in [7, 11) is -0.593. The number of halogens is 1. The number of nitrogens with one attached hydrogen (secondary N) is 1. The van der Waals surface area contributed by atoms with Crippen LogP contribution in [0, 0.1) is 5.82 Å². The number of rotatable bonds is 6. The summed E-state index contributed by atoms with van der Waals surface area (Å²) in [6, 6.07) is 11.9. The quantitative estimate of drug-likeness (QED) is 0.558. The topological polar surface area (TPSA) is 117 Å². The minimum absolute atomic E-state index is 0.157. The van der Waals surface area contributed by atoms with Gasteiger partial charge in [-0.25, -0.2) is 21.9 Å². The van der Waals surface area contributed by atoms with Gasteiger partial charge in [-0.3, -0.25) is 4.90 Å². The van der Waals surface area contributed by atoms with Crippen LogP contribution in [0.2, 0.25) is 0 Å². The van der Waals surface area contributed by atoms with E-state index >= 15 is 0 Å². The van der Waals surface area contributed by atoms with Gasteiger partial charge in [0, 0.05) is 46.0 Å². The Labute approximate surface area is 196 Å². The second-order valence-electron chi connectivity index (χ2n) is 7.99. The minimum Gasteiger partial charge on any atom is -0.322 e. The van der Waals surface area contributed by atoms with Crippen molar-refractivity contribution in [3.05, 3.63) is 60.2 Å². The van der Waals surface area contributed by atoms with Gasteiger partial charge in [0.1, 0.15) is 5.82 Å². The fourth-order valence-corrected chi connectivity index (χ4v) is 4.45. The number of carbonyl (C=O) groups excluding carboxylic acids is 1. The second kappa shape index (κ2) is 9.83. The first kappa shape index (κ1) is 23.7. The van der Waals surface area contributed by atoms with Gasteiger partial charge in [-0.15, -0.1) is 5.10 Å². The highest BCUT2D eigenvalue weighted by Crippen LogP contribution is 2.18. The first-order valence-electron chi connectivity index (χ1n) is 10.6. The van der Waals surface area contributed by atoms with Gasteiger partial charge in [-0.2, -0.15) is 4.68 Å². The molecule has 2 heterocycles. The third-order valence-electron chi connectivity index (χ3n) is 5.50. The number of hydrogen-bond donors (Lipinski definition) is 1. The summed E-state index contributed by atoms with van der Waals surface area (Å²) in [6.07, 6.45) is 0. The first-order chi connectivity index (χ1) is 16.2. The Kier molecular flexibility index (Phi) is 6.86. The Morgan fingerprint density at radius 3 is 2.44 bits per heavy atom. The SMILES string of the molecule is CN(C)S(=O)(=O)c1ccc(NC(=O)N2CCN(Cc3nnnn3-c3cccc(F)c3)CC2)cc1. The smallest absolute Gasteiger partial charge is 0.321 e. The van der Waals surface area contributed by atoms with Gasteiger partial charge in [-0.05, 0) is 52.9 Å². The molecule has 0 atom stereocenters. The molecule has 4 rings (SSSR count). The van der Waals surface area contributed by atoms with Crippen molar-refractivity contribution >= 4 is 21.7 Å². The molecular weight excluding hydrogens is 463 g/mol. The second-order valence-corrected chi connectivity index (χ2v) is 10.1. The van der Waals surface area contributed by atoms with Crippen molar-refractivity contribution < 1.29 is 17.6 Å². The number of piperazine rings is 1. The molecule has 1 aromatic heterocycles. The van der Waals surface area contributed by atoms with Crippen molar-refractivity contribution in [1.82, 2.24) is 34.3 Å². The molecule has 0 radical (unpaired) electrons. The lowest BCUT2D eigenvalue weighted by atomic mass is 10.3. The Balaban J connectivity index is 1.32. The number of benzene rings is 2. The van der Waals surface area contributed by atoms with Crippen LogP contribution in [0.5, 0.6) is 0 Å². The van der Waals surface area contributed by atoms with Gasteiger partial charge in [0.25, 0.3) is 0 Å². The van der Waals surface area contributed by atoms with Crippen LogP contribution in [-0.4, -0.2) is 89.0 Å². The molecule has 3 aromatic rings. The summed E-state index contributed by atoms with van der Waals surface area (Å²) in [4.78, 5) is 16.6. The Morgan fingerprint density at radius 1 is 1.09 bits per heavy atom. The number of hydrogen-bond acceptors (Lipinski definition) is 7. The van der Waals surface area contributed by atoms with Crippen molar-refractivity contribution in [3.8, 4) is 5.69 Å². The molecule has 11 nitrogen and oxygen atoms in total. The maximum atomic E-state index is 13.6. The van der Waals surface area contributed by atoms with E-state index in [4.69, 9.17) is 0 Å². The highest BCUT2D eigenvalue weighted by molar-refractivity contribution is 7.89. The zero-order valence-electron chi connectivity index (χ0n) is 18.8. The monoisotopic (exact) mass is 488 g/mol. The van der Waals surface area contributed by atoms with Crippen LogP contribution in [0.25, 0.3) is 5.69 Å². The maximum absolute atomic E-state index is 13.6. The third kappa shape index (κ3) is 5.21. The van der Waals surface area contributed by atoms with Gasteiger partial charge in [0.2, 0.25) is 10.0 Å². The van der Waals surface area contributed by atoms with E-state index in [0.717, 1.165) is 4.31 Å². The first-order valence-corrected chi connectivity index (χ1v) is 12.0. The zero-order valence-corrected chi connectivity index (χ0v) is 19.6. The molecule has 34 heavy (non-hydrogen) atoms. The molecule has 1 N–H and O–H groups in total. The normalized spacial score (nSPS) is 15.0. The molecule has 0 saturated carbocycles. The highest BCUT2D eigenvalue weighted by atomic mass is 32.2. The van der Waals surface area contributed by atoms with E-state index in [1.54, 1.807) is 29.2 Å². The maximum Gasteiger partial charge on any atom is 0.321 e. The number of anilines is 1. The molecule has 2 amide bonds. The number of carbonyl (C=O) groups is 1. The van der Waals surface area contributed by atoms with E-state index in [1.807, 2.05) is 0 Å². The summed E-state index contributed by atoms with van der Waals surface area (Å²) in [5.41, 5.74) is 1.06. The number of amides is 2. The Hall–Kier alpha value is -3.42. The Bertz CT molecular complexity index is 1260. The van der Waals surface area contributed by atoms with Crippen LogP contribution in [0.4, 0.5) is 14.9 Å². The number of sulfonamides is 1. The van der Waals surface area contributed by atoms with Crippen LogP contribution in [0.3, 0.4) is 0 Å². The molecule has 1 aliphatic rings. The molecule has 13 heteroatoms. The standard InChI is InChI=1S/C21H25FN8O3S/c1-27(2)34(32,33)19-8-6-17(7-9-19)23-21(31)29-12-10-28(11-13-29)15-20-24-25-26-30(20)18-5-3-4-16(22)14-18/h3-9,14H,10-13,15H2,1-2H3,(H,23,31). The lowest BCUT2D eigenvalue weighted by molar-refractivity contribution is 0.140. The molecule has 180 valence electrons. The van der Waals surface area contributed by atoms with Crippen molar-refractivity contribution in [2.24, 2.45) is 0 Å². The lowest BCUT2D eigenvalue weighted by Gasteiger charge is -2.34. The van der Waals surface area contributed by atoms with Crippen LogP contribution in [-0.2, 0) is 16.6 Å². The number of urea groups is 1. The number of tetrazole rings is 1. The number of nitrogens with zero attached hydrogens (tertiary/aromatic N) is 7. The molecule has 1 saturated heterocycles. The molecule has 2 aromatic carbocycles.